The van der Waals surface area contributed by atoms with Crippen LogP contribution in [0.25, 0.3) is 0 Å². The van der Waals surface area contributed by atoms with Gasteiger partial charge in [0.15, 0.2) is 0 Å². The highest BCUT2D eigenvalue weighted by molar-refractivity contribution is 9.09. The van der Waals surface area contributed by atoms with Crippen molar-refractivity contribution in [3.8, 4) is 0 Å². The van der Waals surface area contributed by atoms with Crippen LogP contribution in [-0.2, 0) is 0 Å². The van der Waals surface area contributed by atoms with Gasteiger partial charge in [-0.25, -0.2) is 0 Å². The van der Waals surface area contributed by atoms with Crippen LogP contribution in [0, 0.1) is 11.8 Å². The van der Waals surface area contributed by atoms with Crippen LogP contribution >= 0.6 is 15.9 Å². The summed E-state index contributed by atoms with van der Waals surface area (Å²) in [5.74, 6) is 1.47. The molecule has 16 heavy (non-hydrogen) atoms. The van der Waals surface area contributed by atoms with Gasteiger partial charge in [0.1, 0.15) is 0 Å². The van der Waals surface area contributed by atoms with Crippen molar-refractivity contribution in [2.75, 3.05) is 25.0 Å². The van der Waals surface area contributed by atoms with E-state index in [1.165, 1.54) is 25.8 Å². The van der Waals surface area contributed by atoms with Gasteiger partial charge in [-0.15, -0.1) is 0 Å². The quantitative estimate of drug-likeness (QED) is 0.695. The molecule has 1 aliphatic carbocycles. The maximum Gasteiger partial charge on any atom is 0.0443 e. The fraction of sp³-hybridized carbons (Fsp3) is 1.00. The van der Waals surface area contributed by atoms with Crippen molar-refractivity contribution in [2.24, 2.45) is 11.8 Å². The third kappa shape index (κ3) is 4.34. The van der Waals surface area contributed by atoms with E-state index < -0.39 is 0 Å². The first kappa shape index (κ1) is 14.5. The third-order valence-corrected chi connectivity index (χ3v) is 4.64. The van der Waals surface area contributed by atoms with Gasteiger partial charge in [-0.2, -0.15) is 0 Å². The molecule has 96 valence electrons. The largest absolute Gasteiger partial charge is 0.396 e. The normalized spacial score (nSPS) is 19.1. The van der Waals surface area contributed by atoms with Gasteiger partial charge in [0.2, 0.25) is 0 Å². The summed E-state index contributed by atoms with van der Waals surface area (Å²) in [4.78, 5) is 2.60. The number of rotatable bonds is 8. The van der Waals surface area contributed by atoms with Crippen molar-refractivity contribution in [1.82, 2.24) is 4.90 Å². The summed E-state index contributed by atoms with van der Waals surface area (Å²) in [6.45, 7) is 7.18. The Morgan fingerprint density at radius 2 is 2.06 bits per heavy atom. The molecule has 1 rings (SSSR count). The Labute approximate surface area is 109 Å². The highest BCUT2D eigenvalue weighted by Crippen LogP contribution is 2.27. The van der Waals surface area contributed by atoms with Crippen LogP contribution < -0.4 is 0 Å². The fourth-order valence-corrected chi connectivity index (χ4v) is 3.14. The highest BCUT2D eigenvalue weighted by Gasteiger charge is 2.27. The fourth-order valence-electron chi connectivity index (χ4n) is 2.19. The average Bonchev–Trinajstić information content (AvgIpc) is 2.18. The molecule has 0 aromatic rings. The zero-order chi connectivity index (χ0) is 12.0. The van der Waals surface area contributed by atoms with Crippen LogP contribution in [0.1, 0.15) is 39.5 Å². The molecular weight excluding hydrogens is 266 g/mol. The third-order valence-electron chi connectivity index (χ3n) is 3.80. The number of hydrogen-bond donors (Lipinski definition) is 1. The van der Waals surface area contributed by atoms with Gasteiger partial charge in [-0.1, -0.05) is 36.2 Å². The number of aliphatic hydroxyl groups is 1. The predicted octanol–water partition coefficient (Wildman–Crippen LogP) is 2.89. The molecule has 0 aromatic heterocycles. The zero-order valence-corrected chi connectivity index (χ0v) is 12.2. The van der Waals surface area contributed by atoms with E-state index in [2.05, 4.69) is 34.7 Å². The van der Waals surface area contributed by atoms with Crippen molar-refractivity contribution in [3.05, 3.63) is 0 Å². The highest BCUT2D eigenvalue weighted by atomic mass is 79.9. The molecule has 1 unspecified atom stereocenters. The van der Waals surface area contributed by atoms with Crippen molar-refractivity contribution in [1.29, 1.82) is 0 Å². The maximum atomic E-state index is 8.95. The average molecular weight is 292 g/mol. The van der Waals surface area contributed by atoms with Crippen molar-refractivity contribution >= 4 is 15.9 Å². The Kier molecular flexibility index (Phi) is 6.94. The van der Waals surface area contributed by atoms with Crippen LogP contribution in [-0.4, -0.2) is 41.1 Å². The molecule has 1 atom stereocenters. The zero-order valence-electron chi connectivity index (χ0n) is 10.7. The molecular formula is C13H26BrNO. The van der Waals surface area contributed by atoms with Gasteiger partial charge in [0.25, 0.3) is 0 Å². The maximum absolute atomic E-state index is 8.95. The molecule has 0 saturated heterocycles. The first-order valence-corrected chi connectivity index (χ1v) is 7.72. The van der Waals surface area contributed by atoms with Gasteiger partial charge in [-0.05, 0) is 31.1 Å². The summed E-state index contributed by atoms with van der Waals surface area (Å²) in [5.41, 5.74) is 0. The van der Waals surface area contributed by atoms with E-state index in [1.807, 2.05) is 0 Å². The minimum atomic E-state index is 0.323. The second-order valence-corrected chi connectivity index (χ2v) is 5.96. The lowest BCUT2D eigenvalue weighted by molar-refractivity contribution is 0.0936. The van der Waals surface area contributed by atoms with E-state index in [1.54, 1.807) is 0 Å². The van der Waals surface area contributed by atoms with Crippen LogP contribution in [0.15, 0.2) is 0 Å². The predicted molar refractivity (Wildman–Crippen MR) is 73.0 cm³/mol. The minimum absolute atomic E-state index is 0.323. The SMILES string of the molecule is CC(C)C(CBr)CN(CCCO)C1CCC1. The summed E-state index contributed by atoms with van der Waals surface area (Å²) in [7, 11) is 0. The molecule has 0 aliphatic heterocycles. The van der Waals surface area contributed by atoms with Crippen molar-refractivity contribution < 1.29 is 5.11 Å². The first-order valence-electron chi connectivity index (χ1n) is 6.60. The van der Waals surface area contributed by atoms with Crippen LogP contribution in [0.3, 0.4) is 0 Å². The topological polar surface area (TPSA) is 23.5 Å². The van der Waals surface area contributed by atoms with E-state index in [0.717, 1.165) is 36.2 Å². The minimum Gasteiger partial charge on any atom is -0.396 e. The summed E-state index contributed by atoms with van der Waals surface area (Å²) in [5, 5.41) is 10.0. The van der Waals surface area contributed by atoms with Crippen LogP contribution in [0.2, 0.25) is 0 Å². The summed E-state index contributed by atoms with van der Waals surface area (Å²) in [6.07, 6.45) is 5.03. The molecule has 1 fully saturated rings. The molecule has 1 N–H and O–H groups in total. The van der Waals surface area contributed by atoms with Gasteiger partial charge < -0.3 is 5.11 Å². The summed E-state index contributed by atoms with van der Waals surface area (Å²) in [6, 6.07) is 0.798. The van der Waals surface area contributed by atoms with Crippen molar-refractivity contribution in [3.63, 3.8) is 0 Å². The molecule has 1 aliphatic rings. The molecule has 0 spiro atoms. The lowest BCUT2D eigenvalue weighted by Gasteiger charge is -2.40. The molecule has 0 bridgehead atoms. The lowest BCUT2D eigenvalue weighted by atomic mass is 9.89. The second-order valence-electron chi connectivity index (χ2n) is 5.32. The van der Waals surface area contributed by atoms with E-state index in [0.29, 0.717) is 6.61 Å². The summed E-state index contributed by atoms with van der Waals surface area (Å²) >= 11 is 3.63. The Morgan fingerprint density at radius 1 is 1.38 bits per heavy atom. The van der Waals surface area contributed by atoms with E-state index >= 15 is 0 Å². The molecule has 1 saturated carbocycles. The molecule has 0 amide bonds. The van der Waals surface area contributed by atoms with Gasteiger partial charge in [0.05, 0.1) is 0 Å². The van der Waals surface area contributed by atoms with Crippen LogP contribution in [0.4, 0.5) is 0 Å². The Balaban J connectivity index is 2.40. The lowest BCUT2D eigenvalue weighted by Crippen LogP contribution is -2.44. The first-order chi connectivity index (χ1) is 7.69. The molecule has 0 radical (unpaired) electrons. The van der Waals surface area contributed by atoms with E-state index in [4.69, 9.17) is 5.11 Å². The number of nitrogens with zero attached hydrogens (tertiary/aromatic N) is 1. The molecule has 2 nitrogen and oxygen atoms in total. The Hall–Kier alpha value is 0.400. The van der Waals surface area contributed by atoms with E-state index in [-0.39, 0.29) is 0 Å². The van der Waals surface area contributed by atoms with Gasteiger partial charge in [0, 0.05) is 31.1 Å². The van der Waals surface area contributed by atoms with Gasteiger partial charge >= 0.3 is 0 Å². The number of aliphatic hydroxyl groups excluding tert-OH is 1. The number of halogens is 1. The number of alkyl halides is 1. The Bertz CT molecular complexity index is 183. The smallest absolute Gasteiger partial charge is 0.0443 e. The summed E-state index contributed by atoms with van der Waals surface area (Å²) < 4.78 is 0. The standard InChI is InChI=1S/C13H26BrNO/c1-11(2)12(9-14)10-15(7-4-8-16)13-5-3-6-13/h11-13,16H,3-10H2,1-2H3. The molecule has 0 heterocycles. The number of hydrogen-bond acceptors (Lipinski definition) is 2. The monoisotopic (exact) mass is 291 g/mol. The van der Waals surface area contributed by atoms with Crippen molar-refractivity contribution in [2.45, 2.75) is 45.6 Å². The molecule has 3 heteroatoms. The van der Waals surface area contributed by atoms with E-state index in [9.17, 15) is 0 Å². The second kappa shape index (κ2) is 7.67. The van der Waals surface area contributed by atoms with Crippen LogP contribution in [0.5, 0.6) is 0 Å². The molecule has 0 aromatic carbocycles. The Morgan fingerprint density at radius 3 is 2.44 bits per heavy atom. The van der Waals surface area contributed by atoms with Gasteiger partial charge in [-0.3, -0.25) is 4.90 Å².